The molecule has 0 saturated heterocycles. The molecule has 0 unspecified atom stereocenters. The molecule has 3 aromatic rings. The van der Waals surface area contributed by atoms with Gasteiger partial charge in [-0.1, -0.05) is 54.6 Å². The minimum atomic E-state index is -0.676. The molecule has 2 aromatic carbocycles. The van der Waals surface area contributed by atoms with Crippen molar-refractivity contribution < 1.29 is 9.59 Å². The van der Waals surface area contributed by atoms with Crippen molar-refractivity contribution >= 4 is 11.8 Å². The van der Waals surface area contributed by atoms with Gasteiger partial charge in [0.25, 0.3) is 0 Å². The number of nitrogens with zero attached hydrogens (tertiary/aromatic N) is 5. The lowest BCUT2D eigenvalue weighted by molar-refractivity contribution is -0.141. The molecule has 0 aliphatic carbocycles. The summed E-state index contributed by atoms with van der Waals surface area (Å²) in [5.41, 5.74) is 8.41. The predicted octanol–water partition coefficient (Wildman–Crippen LogP) is 0.779. The van der Waals surface area contributed by atoms with Gasteiger partial charge in [-0.25, -0.2) is 0 Å². The number of aromatic nitrogens is 4. The molecule has 0 radical (unpaired) electrons. The van der Waals surface area contributed by atoms with Crippen LogP contribution in [0.5, 0.6) is 0 Å². The quantitative estimate of drug-likeness (QED) is 0.738. The number of hydrogen-bond acceptors (Lipinski definition) is 5. The molecule has 136 valence electrons. The minimum Gasteiger partial charge on any atom is -0.368 e. The number of rotatable bonds is 4. The molecule has 27 heavy (non-hydrogen) atoms. The Morgan fingerprint density at radius 1 is 1.04 bits per heavy atom. The molecule has 1 aliphatic rings. The summed E-state index contributed by atoms with van der Waals surface area (Å²) in [7, 11) is 0. The number of amides is 2. The third-order valence-electron chi connectivity index (χ3n) is 4.66. The van der Waals surface area contributed by atoms with Gasteiger partial charge in [-0.05, 0) is 16.3 Å². The predicted molar refractivity (Wildman–Crippen MR) is 96.9 cm³/mol. The number of benzene rings is 2. The second-order valence-electron chi connectivity index (χ2n) is 6.42. The Labute approximate surface area is 155 Å². The highest BCUT2D eigenvalue weighted by molar-refractivity contribution is 5.87. The third-order valence-corrected chi connectivity index (χ3v) is 4.66. The van der Waals surface area contributed by atoms with Crippen LogP contribution in [0, 0.1) is 0 Å². The number of carbonyl (C=O) groups is 2. The Bertz CT molecular complexity index is 985. The highest BCUT2D eigenvalue weighted by Crippen LogP contribution is 2.23. The van der Waals surface area contributed by atoms with E-state index in [0.29, 0.717) is 18.8 Å². The van der Waals surface area contributed by atoms with E-state index in [0.717, 1.165) is 16.7 Å². The lowest BCUT2D eigenvalue weighted by Crippen LogP contribution is -2.52. The Morgan fingerprint density at radius 2 is 1.74 bits per heavy atom. The molecule has 1 atom stereocenters. The molecule has 0 saturated carbocycles. The van der Waals surface area contributed by atoms with Gasteiger partial charge in [-0.15, -0.1) is 10.2 Å². The number of tetrazole rings is 1. The van der Waals surface area contributed by atoms with Crippen molar-refractivity contribution in [1.82, 2.24) is 25.1 Å². The largest absolute Gasteiger partial charge is 0.368 e. The molecule has 0 bridgehead atoms. The zero-order chi connectivity index (χ0) is 18.8. The van der Waals surface area contributed by atoms with Crippen LogP contribution in [-0.2, 0) is 29.1 Å². The van der Waals surface area contributed by atoms with Gasteiger partial charge in [-0.3, -0.25) is 9.59 Å². The van der Waals surface area contributed by atoms with Crippen molar-refractivity contribution in [3.05, 3.63) is 65.7 Å². The van der Waals surface area contributed by atoms with Gasteiger partial charge in [-0.2, -0.15) is 4.80 Å². The van der Waals surface area contributed by atoms with Crippen LogP contribution < -0.4 is 5.73 Å². The molecular weight excluding hydrogens is 344 g/mol. The average Bonchev–Trinajstić information content (AvgIpc) is 3.16. The topological polar surface area (TPSA) is 107 Å². The van der Waals surface area contributed by atoms with E-state index in [9.17, 15) is 9.59 Å². The minimum absolute atomic E-state index is 0.105. The van der Waals surface area contributed by atoms with Gasteiger partial charge in [0.1, 0.15) is 12.6 Å². The summed E-state index contributed by atoms with van der Waals surface area (Å²) in [5, 5.41) is 12.2. The van der Waals surface area contributed by atoms with Crippen LogP contribution in [0.3, 0.4) is 0 Å². The molecule has 8 heteroatoms. The monoisotopic (exact) mass is 362 g/mol. The van der Waals surface area contributed by atoms with E-state index in [1.807, 2.05) is 54.6 Å². The van der Waals surface area contributed by atoms with Crippen LogP contribution in [0.25, 0.3) is 11.4 Å². The SMILES string of the molecule is NC(=O)[C@H]1Cc2ccccc2CN1C(=O)Cn1nnc(-c2ccccc2)n1. The molecule has 0 spiro atoms. The second-order valence-corrected chi connectivity index (χ2v) is 6.42. The first kappa shape index (κ1) is 16.9. The van der Waals surface area contributed by atoms with Crippen LogP contribution in [0.15, 0.2) is 54.6 Å². The maximum absolute atomic E-state index is 12.8. The summed E-state index contributed by atoms with van der Waals surface area (Å²) in [6.45, 7) is 0.231. The van der Waals surface area contributed by atoms with Crippen LogP contribution in [0.1, 0.15) is 11.1 Å². The Hall–Kier alpha value is -3.55. The molecule has 2 amide bonds. The maximum atomic E-state index is 12.8. The second kappa shape index (κ2) is 6.99. The maximum Gasteiger partial charge on any atom is 0.247 e. The summed E-state index contributed by atoms with van der Waals surface area (Å²) >= 11 is 0. The van der Waals surface area contributed by atoms with Crippen molar-refractivity contribution in [2.45, 2.75) is 25.6 Å². The van der Waals surface area contributed by atoms with E-state index < -0.39 is 11.9 Å². The first-order valence-electron chi connectivity index (χ1n) is 8.60. The zero-order valence-electron chi connectivity index (χ0n) is 14.5. The number of nitrogens with two attached hydrogens (primary N) is 1. The third kappa shape index (κ3) is 3.41. The zero-order valence-corrected chi connectivity index (χ0v) is 14.5. The van der Waals surface area contributed by atoms with Crippen molar-refractivity contribution in [2.24, 2.45) is 5.73 Å². The van der Waals surface area contributed by atoms with E-state index in [2.05, 4.69) is 15.4 Å². The molecule has 4 rings (SSSR count). The first-order chi connectivity index (χ1) is 13.1. The lowest BCUT2D eigenvalue weighted by Gasteiger charge is -2.34. The fraction of sp³-hybridized carbons (Fsp3) is 0.211. The number of hydrogen-bond donors (Lipinski definition) is 1. The van der Waals surface area contributed by atoms with E-state index in [4.69, 9.17) is 5.73 Å². The van der Waals surface area contributed by atoms with E-state index in [1.165, 1.54) is 9.70 Å². The normalized spacial score (nSPS) is 16.0. The van der Waals surface area contributed by atoms with Crippen molar-refractivity contribution in [3.63, 3.8) is 0 Å². The standard InChI is InChI=1S/C19H18N6O2/c20-18(27)16-10-14-8-4-5-9-15(14)11-24(16)17(26)12-25-22-19(21-23-25)13-6-2-1-3-7-13/h1-9,16H,10-12H2,(H2,20,27)/t16-/m1/s1. The number of fused-ring (bicyclic) bond motifs is 1. The molecule has 2 heterocycles. The smallest absolute Gasteiger partial charge is 0.247 e. The van der Waals surface area contributed by atoms with E-state index >= 15 is 0 Å². The van der Waals surface area contributed by atoms with Crippen molar-refractivity contribution in [2.75, 3.05) is 0 Å². The van der Waals surface area contributed by atoms with Crippen molar-refractivity contribution in [1.29, 1.82) is 0 Å². The molecule has 0 fully saturated rings. The molecular formula is C19H18N6O2. The van der Waals surface area contributed by atoms with Crippen LogP contribution in [-0.4, -0.2) is 43.0 Å². The summed E-state index contributed by atoms with van der Waals surface area (Å²) in [6.07, 6.45) is 0.414. The van der Waals surface area contributed by atoms with Gasteiger partial charge in [0.15, 0.2) is 0 Å². The van der Waals surface area contributed by atoms with Gasteiger partial charge < -0.3 is 10.6 Å². The van der Waals surface area contributed by atoms with Crippen LogP contribution in [0.2, 0.25) is 0 Å². The van der Waals surface area contributed by atoms with Crippen LogP contribution >= 0.6 is 0 Å². The number of primary amides is 1. The van der Waals surface area contributed by atoms with E-state index in [1.54, 1.807) is 0 Å². The molecule has 1 aromatic heterocycles. The Kier molecular flexibility index (Phi) is 4.37. The summed E-state index contributed by atoms with van der Waals surface area (Å²) < 4.78 is 0. The fourth-order valence-electron chi connectivity index (χ4n) is 3.26. The Balaban J connectivity index is 1.54. The number of carbonyl (C=O) groups excluding carboxylic acids is 2. The molecule has 8 nitrogen and oxygen atoms in total. The first-order valence-corrected chi connectivity index (χ1v) is 8.60. The Morgan fingerprint density at radius 3 is 2.48 bits per heavy atom. The highest BCUT2D eigenvalue weighted by Gasteiger charge is 2.33. The van der Waals surface area contributed by atoms with Gasteiger partial charge >= 0.3 is 0 Å². The summed E-state index contributed by atoms with van der Waals surface area (Å²) in [4.78, 5) is 27.5. The average molecular weight is 362 g/mol. The summed E-state index contributed by atoms with van der Waals surface area (Å²) in [6, 6.07) is 16.5. The van der Waals surface area contributed by atoms with E-state index in [-0.39, 0.29) is 12.5 Å². The van der Waals surface area contributed by atoms with Crippen LogP contribution in [0.4, 0.5) is 0 Å². The molecule has 1 aliphatic heterocycles. The van der Waals surface area contributed by atoms with Gasteiger partial charge in [0.2, 0.25) is 17.6 Å². The fourth-order valence-corrected chi connectivity index (χ4v) is 3.26. The molecule has 2 N–H and O–H groups in total. The lowest BCUT2D eigenvalue weighted by atomic mass is 9.93. The highest BCUT2D eigenvalue weighted by atomic mass is 16.2. The summed E-state index contributed by atoms with van der Waals surface area (Å²) in [5.74, 6) is -0.349. The van der Waals surface area contributed by atoms with Crippen molar-refractivity contribution in [3.8, 4) is 11.4 Å². The van der Waals surface area contributed by atoms with Gasteiger partial charge in [0, 0.05) is 18.5 Å². The van der Waals surface area contributed by atoms with Gasteiger partial charge in [0.05, 0.1) is 0 Å².